The zero-order valence-electron chi connectivity index (χ0n) is 9.73. The van der Waals surface area contributed by atoms with E-state index in [-0.39, 0.29) is 10.6 Å². The number of rotatable bonds is 2. The highest BCUT2D eigenvalue weighted by atomic mass is 16.6. The van der Waals surface area contributed by atoms with Crippen molar-refractivity contribution in [3.05, 3.63) is 27.8 Å². The number of nitrogens with zero attached hydrogens (tertiary/aromatic N) is 3. The predicted octanol–water partition coefficient (Wildman–Crippen LogP) is 1.65. The van der Waals surface area contributed by atoms with E-state index in [9.17, 15) is 10.1 Å². The van der Waals surface area contributed by atoms with Gasteiger partial charge in [-0.1, -0.05) is 0 Å². The van der Waals surface area contributed by atoms with Crippen LogP contribution in [0.15, 0.2) is 12.1 Å². The van der Waals surface area contributed by atoms with Crippen LogP contribution in [0, 0.1) is 10.1 Å². The molecule has 1 aliphatic heterocycles. The van der Waals surface area contributed by atoms with Gasteiger partial charge in [-0.3, -0.25) is 10.1 Å². The van der Waals surface area contributed by atoms with Crippen molar-refractivity contribution in [2.45, 2.75) is 6.42 Å². The fourth-order valence-electron chi connectivity index (χ4n) is 2.24. The second-order valence-corrected chi connectivity index (χ2v) is 4.25. The number of benzene rings is 1. The molecule has 0 spiro atoms. The highest BCUT2D eigenvalue weighted by Crippen LogP contribution is 2.41. The molecule has 0 radical (unpaired) electrons. The minimum atomic E-state index is -0.305. The fraction of sp³-hybridized carbons (Fsp3) is 0.455. The molecule has 2 rings (SSSR count). The van der Waals surface area contributed by atoms with Gasteiger partial charge in [-0.05, 0) is 12.5 Å². The Kier molecular flexibility index (Phi) is 2.46. The maximum Gasteiger partial charge on any atom is 0.292 e. The van der Waals surface area contributed by atoms with Gasteiger partial charge in [-0.2, -0.15) is 0 Å². The van der Waals surface area contributed by atoms with Crippen molar-refractivity contribution in [2.75, 3.05) is 37.5 Å². The second-order valence-electron chi connectivity index (χ2n) is 4.25. The monoisotopic (exact) mass is 221 g/mol. The van der Waals surface area contributed by atoms with E-state index < -0.39 is 0 Å². The highest BCUT2D eigenvalue weighted by molar-refractivity contribution is 5.78. The average Bonchev–Trinajstić information content (AvgIpc) is 2.59. The molecule has 1 aliphatic rings. The first-order valence-electron chi connectivity index (χ1n) is 5.21. The van der Waals surface area contributed by atoms with Crippen molar-refractivity contribution in [2.24, 2.45) is 0 Å². The van der Waals surface area contributed by atoms with Crippen LogP contribution in [0.25, 0.3) is 0 Å². The molecule has 0 saturated heterocycles. The summed E-state index contributed by atoms with van der Waals surface area (Å²) >= 11 is 0. The summed E-state index contributed by atoms with van der Waals surface area (Å²) in [5, 5.41) is 11.0. The number of hydrogen-bond acceptors (Lipinski definition) is 4. The van der Waals surface area contributed by atoms with Crippen molar-refractivity contribution < 1.29 is 4.92 Å². The number of fused-ring (bicyclic) bond motifs is 1. The summed E-state index contributed by atoms with van der Waals surface area (Å²) < 4.78 is 0. The van der Waals surface area contributed by atoms with Crippen molar-refractivity contribution in [3.8, 4) is 0 Å². The van der Waals surface area contributed by atoms with Crippen LogP contribution < -0.4 is 9.80 Å². The van der Waals surface area contributed by atoms with Crippen LogP contribution >= 0.6 is 0 Å². The standard InChI is InChI=1S/C11H15N3O2/c1-12(2)9-4-5-10(14(15)16)11-8(9)6-7-13(11)3/h4-5H,6-7H2,1-3H3. The number of nitro groups is 1. The predicted molar refractivity (Wildman–Crippen MR) is 64.4 cm³/mol. The summed E-state index contributed by atoms with van der Waals surface area (Å²) in [6.45, 7) is 0.848. The van der Waals surface area contributed by atoms with Gasteiger partial charge in [0, 0.05) is 45.0 Å². The molecule has 0 unspecified atom stereocenters. The van der Waals surface area contributed by atoms with E-state index in [1.807, 2.05) is 37.0 Å². The first-order chi connectivity index (χ1) is 7.52. The Morgan fingerprint density at radius 1 is 1.44 bits per heavy atom. The number of anilines is 2. The lowest BCUT2D eigenvalue weighted by Gasteiger charge is -2.18. The Labute approximate surface area is 94.4 Å². The minimum absolute atomic E-state index is 0.209. The van der Waals surface area contributed by atoms with Gasteiger partial charge in [0.25, 0.3) is 5.69 Å². The van der Waals surface area contributed by atoms with Crippen LogP contribution in [0.5, 0.6) is 0 Å². The van der Waals surface area contributed by atoms with Gasteiger partial charge in [-0.25, -0.2) is 0 Å². The first-order valence-corrected chi connectivity index (χ1v) is 5.21. The molecule has 0 aliphatic carbocycles. The van der Waals surface area contributed by atoms with E-state index in [0.717, 1.165) is 29.9 Å². The quantitative estimate of drug-likeness (QED) is 0.563. The normalized spacial score (nSPS) is 13.8. The molecular weight excluding hydrogens is 206 g/mol. The van der Waals surface area contributed by atoms with E-state index in [2.05, 4.69) is 0 Å². The summed E-state index contributed by atoms with van der Waals surface area (Å²) in [6.07, 6.45) is 0.876. The van der Waals surface area contributed by atoms with Gasteiger partial charge in [-0.15, -0.1) is 0 Å². The second kappa shape index (κ2) is 3.66. The van der Waals surface area contributed by atoms with E-state index in [1.54, 1.807) is 6.07 Å². The first kappa shape index (κ1) is 10.7. The van der Waals surface area contributed by atoms with Crippen LogP contribution in [-0.2, 0) is 6.42 Å². The molecule has 0 bridgehead atoms. The molecular formula is C11H15N3O2. The van der Waals surface area contributed by atoms with Gasteiger partial charge in [0.05, 0.1) is 4.92 Å². The largest absolute Gasteiger partial charge is 0.377 e. The maximum absolute atomic E-state index is 11.0. The van der Waals surface area contributed by atoms with Crippen LogP contribution in [0.3, 0.4) is 0 Å². The third-order valence-electron chi connectivity index (χ3n) is 2.99. The maximum atomic E-state index is 11.0. The van der Waals surface area contributed by atoms with Crippen molar-refractivity contribution in [3.63, 3.8) is 0 Å². The Morgan fingerprint density at radius 2 is 2.12 bits per heavy atom. The number of hydrogen-bond donors (Lipinski definition) is 0. The van der Waals surface area contributed by atoms with E-state index in [4.69, 9.17) is 0 Å². The van der Waals surface area contributed by atoms with Gasteiger partial charge in [0.2, 0.25) is 0 Å². The lowest BCUT2D eigenvalue weighted by Crippen LogP contribution is -2.14. The third kappa shape index (κ3) is 1.48. The lowest BCUT2D eigenvalue weighted by molar-refractivity contribution is -0.384. The van der Waals surface area contributed by atoms with Crippen LogP contribution in [0.4, 0.5) is 17.1 Å². The third-order valence-corrected chi connectivity index (χ3v) is 2.99. The SMILES string of the molecule is CN(C)c1ccc([N+](=O)[O-])c2c1CCN2C. The molecule has 5 heteroatoms. The molecule has 0 saturated carbocycles. The molecule has 1 aromatic carbocycles. The smallest absolute Gasteiger partial charge is 0.292 e. The van der Waals surface area contributed by atoms with Gasteiger partial charge >= 0.3 is 0 Å². The van der Waals surface area contributed by atoms with Crippen LogP contribution in [0.2, 0.25) is 0 Å². The summed E-state index contributed by atoms with van der Waals surface area (Å²) in [5.41, 5.74) is 3.14. The molecule has 1 heterocycles. The Morgan fingerprint density at radius 3 is 2.69 bits per heavy atom. The molecule has 1 aromatic rings. The summed E-state index contributed by atoms with van der Waals surface area (Å²) in [6, 6.07) is 3.42. The lowest BCUT2D eigenvalue weighted by atomic mass is 10.1. The zero-order valence-corrected chi connectivity index (χ0v) is 9.73. The molecule has 0 fully saturated rings. The zero-order chi connectivity index (χ0) is 11.9. The van der Waals surface area contributed by atoms with Gasteiger partial charge < -0.3 is 9.80 Å². The van der Waals surface area contributed by atoms with Crippen molar-refractivity contribution >= 4 is 17.1 Å². The molecule has 0 atom stereocenters. The molecule has 5 nitrogen and oxygen atoms in total. The van der Waals surface area contributed by atoms with Crippen molar-refractivity contribution in [1.29, 1.82) is 0 Å². The van der Waals surface area contributed by atoms with Gasteiger partial charge in [0.1, 0.15) is 5.69 Å². The number of nitro benzene ring substituents is 1. The van der Waals surface area contributed by atoms with Crippen LogP contribution in [-0.4, -0.2) is 32.6 Å². The van der Waals surface area contributed by atoms with Gasteiger partial charge in [0.15, 0.2) is 0 Å². The molecule has 0 aromatic heterocycles. The molecule has 0 amide bonds. The fourth-order valence-corrected chi connectivity index (χ4v) is 2.24. The Hall–Kier alpha value is -1.78. The summed E-state index contributed by atoms with van der Waals surface area (Å²) in [7, 11) is 5.82. The number of likely N-dealkylation sites (N-methyl/N-ethyl adjacent to an activating group) is 1. The highest BCUT2D eigenvalue weighted by Gasteiger charge is 2.28. The molecule has 0 N–H and O–H groups in total. The molecule has 86 valence electrons. The Balaban J connectivity index is 2.64. The van der Waals surface area contributed by atoms with E-state index in [1.165, 1.54) is 0 Å². The minimum Gasteiger partial charge on any atom is -0.377 e. The average molecular weight is 221 g/mol. The summed E-state index contributed by atoms with van der Waals surface area (Å²) in [4.78, 5) is 14.6. The Bertz CT molecular complexity index is 443. The van der Waals surface area contributed by atoms with E-state index in [0.29, 0.717) is 0 Å². The summed E-state index contributed by atoms with van der Waals surface area (Å²) in [5.74, 6) is 0. The topological polar surface area (TPSA) is 49.6 Å². The van der Waals surface area contributed by atoms with E-state index >= 15 is 0 Å². The van der Waals surface area contributed by atoms with Crippen LogP contribution in [0.1, 0.15) is 5.56 Å². The van der Waals surface area contributed by atoms with Crippen molar-refractivity contribution in [1.82, 2.24) is 0 Å². The molecule has 16 heavy (non-hydrogen) atoms.